The van der Waals surface area contributed by atoms with Crippen LogP contribution in [0, 0.1) is 5.92 Å². The summed E-state index contributed by atoms with van der Waals surface area (Å²) in [6.45, 7) is 9.17. The molecule has 0 unspecified atom stereocenters. The van der Waals surface area contributed by atoms with Gasteiger partial charge in [0.15, 0.2) is 0 Å². The molecule has 3 heterocycles. The number of benzene rings is 1. The monoisotopic (exact) mass is 458 g/mol. The van der Waals surface area contributed by atoms with E-state index in [1.165, 1.54) is 7.11 Å². The highest BCUT2D eigenvalue weighted by Gasteiger charge is 2.43. The van der Waals surface area contributed by atoms with Crippen LogP contribution in [0.25, 0.3) is 0 Å². The summed E-state index contributed by atoms with van der Waals surface area (Å²) in [6, 6.07) is 7.95. The number of carbonyl (C=O) groups excluding carboxylic acids is 3. The van der Waals surface area contributed by atoms with Gasteiger partial charge in [-0.1, -0.05) is 0 Å². The minimum Gasteiger partial charge on any atom is -0.469 e. The van der Waals surface area contributed by atoms with Crippen molar-refractivity contribution in [3.8, 4) is 0 Å². The average molecular weight is 459 g/mol. The number of ether oxygens (including phenoxy) is 2. The number of amides is 3. The largest absolute Gasteiger partial charge is 0.469 e. The van der Waals surface area contributed by atoms with Crippen molar-refractivity contribution in [2.45, 2.75) is 45.3 Å². The molecule has 1 aromatic rings. The molecule has 3 amide bonds. The van der Waals surface area contributed by atoms with Crippen molar-refractivity contribution >= 4 is 29.5 Å². The van der Waals surface area contributed by atoms with E-state index in [1.54, 1.807) is 9.80 Å². The molecule has 1 aromatic carbocycles. The maximum atomic E-state index is 13.0. The molecule has 1 atom stereocenters. The minimum atomic E-state index is -0.540. The van der Waals surface area contributed by atoms with Crippen molar-refractivity contribution in [2.75, 3.05) is 56.2 Å². The SMILES string of the molecule is COC(=O)C1CCN(c2ccc(N3C[C@@H]4CN(C(=O)OC(C)(C)C)CCN4C3=O)cc2)CC1. The zero-order valence-corrected chi connectivity index (χ0v) is 20.0. The Labute approximate surface area is 195 Å². The number of carbonyl (C=O) groups is 3. The van der Waals surface area contributed by atoms with E-state index in [0.717, 1.165) is 37.3 Å². The highest BCUT2D eigenvalue weighted by atomic mass is 16.6. The number of piperidine rings is 1. The van der Waals surface area contributed by atoms with Crippen LogP contribution in [0.5, 0.6) is 0 Å². The Morgan fingerprint density at radius 2 is 1.58 bits per heavy atom. The average Bonchev–Trinajstić information content (AvgIpc) is 3.13. The third-order valence-corrected chi connectivity index (χ3v) is 6.56. The van der Waals surface area contributed by atoms with Crippen LogP contribution in [0.15, 0.2) is 24.3 Å². The van der Waals surface area contributed by atoms with Gasteiger partial charge >= 0.3 is 18.1 Å². The van der Waals surface area contributed by atoms with E-state index in [0.29, 0.717) is 26.2 Å². The van der Waals surface area contributed by atoms with Gasteiger partial charge in [0.25, 0.3) is 0 Å². The molecule has 0 aromatic heterocycles. The molecule has 3 aliphatic rings. The number of fused-ring (bicyclic) bond motifs is 1. The first-order valence-electron chi connectivity index (χ1n) is 11.6. The lowest BCUT2D eigenvalue weighted by molar-refractivity contribution is -0.146. The van der Waals surface area contributed by atoms with Crippen LogP contribution in [-0.4, -0.2) is 85.9 Å². The number of piperazine rings is 1. The van der Waals surface area contributed by atoms with E-state index in [4.69, 9.17) is 9.47 Å². The van der Waals surface area contributed by atoms with Crippen molar-refractivity contribution in [3.63, 3.8) is 0 Å². The molecule has 0 spiro atoms. The van der Waals surface area contributed by atoms with Gasteiger partial charge < -0.3 is 24.2 Å². The van der Waals surface area contributed by atoms with E-state index in [-0.39, 0.29) is 30.1 Å². The highest BCUT2D eigenvalue weighted by molar-refractivity contribution is 5.95. The van der Waals surface area contributed by atoms with Crippen LogP contribution < -0.4 is 9.80 Å². The number of hydrogen-bond donors (Lipinski definition) is 0. The van der Waals surface area contributed by atoms with Gasteiger partial charge in [0.1, 0.15) is 5.60 Å². The lowest BCUT2D eigenvalue weighted by Crippen LogP contribution is -2.54. The molecule has 0 N–H and O–H groups in total. The molecule has 33 heavy (non-hydrogen) atoms. The lowest BCUT2D eigenvalue weighted by atomic mass is 9.96. The number of nitrogens with zero attached hydrogens (tertiary/aromatic N) is 4. The van der Waals surface area contributed by atoms with Crippen LogP contribution in [0.4, 0.5) is 21.0 Å². The Balaban J connectivity index is 1.36. The second-order valence-corrected chi connectivity index (χ2v) is 9.97. The Kier molecular flexibility index (Phi) is 6.41. The van der Waals surface area contributed by atoms with E-state index < -0.39 is 5.60 Å². The van der Waals surface area contributed by atoms with E-state index >= 15 is 0 Å². The number of anilines is 2. The molecule has 0 aliphatic carbocycles. The molecule has 4 rings (SSSR count). The maximum Gasteiger partial charge on any atom is 0.410 e. The minimum absolute atomic E-state index is 0.0181. The zero-order valence-electron chi connectivity index (χ0n) is 20.0. The van der Waals surface area contributed by atoms with Gasteiger partial charge in [-0.3, -0.25) is 9.69 Å². The summed E-state index contributed by atoms with van der Waals surface area (Å²) in [5.41, 5.74) is 1.40. The van der Waals surface area contributed by atoms with Crippen molar-refractivity contribution in [1.82, 2.24) is 9.80 Å². The fourth-order valence-corrected chi connectivity index (χ4v) is 4.80. The first-order chi connectivity index (χ1) is 15.7. The molecule has 180 valence electrons. The second-order valence-electron chi connectivity index (χ2n) is 9.97. The van der Waals surface area contributed by atoms with Gasteiger partial charge in [-0.05, 0) is 57.9 Å². The molecule has 3 saturated heterocycles. The fourth-order valence-electron chi connectivity index (χ4n) is 4.80. The van der Waals surface area contributed by atoms with Gasteiger partial charge in [0.2, 0.25) is 0 Å². The number of hydrogen-bond acceptors (Lipinski definition) is 6. The molecule has 0 radical (unpaired) electrons. The van der Waals surface area contributed by atoms with E-state index in [2.05, 4.69) is 4.90 Å². The van der Waals surface area contributed by atoms with Crippen molar-refractivity contribution < 1.29 is 23.9 Å². The number of urea groups is 1. The summed E-state index contributed by atoms with van der Waals surface area (Å²) in [5.74, 6) is -0.148. The molecule has 3 fully saturated rings. The van der Waals surface area contributed by atoms with Crippen LogP contribution in [0.3, 0.4) is 0 Å². The number of rotatable bonds is 3. The summed E-state index contributed by atoms with van der Waals surface area (Å²) in [4.78, 5) is 44.8. The third kappa shape index (κ3) is 5.02. The summed E-state index contributed by atoms with van der Waals surface area (Å²) in [5, 5.41) is 0. The predicted octanol–water partition coefficient (Wildman–Crippen LogP) is 2.94. The van der Waals surface area contributed by atoms with Gasteiger partial charge in [-0.2, -0.15) is 0 Å². The van der Waals surface area contributed by atoms with Crippen LogP contribution in [-0.2, 0) is 14.3 Å². The Morgan fingerprint density at radius 3 is 2.18 bits per heavy atom. The molecule has 0 bridgehead atoms. The van der Waals surface area contributed by atoms with Gasteiger partial charge in [-0.15, -0.1) is 0 Å². The third-order valence-electron chi connectivity index (χ3n) is 6.56. The molecule has 9 heteroatoms. The van der Waals surface area contributed by atoms with Crippen molar-refractivity contribution in [3.05, 3.63) is 24.3 Å². The van der Waals surface area contributed by atoms with Crippen molar-refractivity contribution in [1.29, 1.82) is 0 Å². The summed E-state index contributed by atoms with van der Waals surface area (Å²) >= 11 is 0. The highest BCUT2D eigenvalue weighted by Crippen LogP contribution is 2.30. The molecular weight excluding hydrogens is 424 g/mol. The second kappa shape index (κ2) is 9.11. The number of methoxy groups -OCH3 is 1. The van der Waals surface area contributed by atoms with Gasteiger partial charge in [-0.25, -0.2) is 9.59 Å². The zero-order chi connectivity index (χ0) is 23.8. The Morgan fingerprint density at radius 1 is 0.939 bits per heavy atom. The Bertz CT molecular complexity index is 889. The summed E-state index contributed by atoms with van der Waals surface area (Å²) in [6.07, 6.45) is 1.24. The fraction of sp³-hybridized carbons (Fsp3) is 0.625. The van der Waals surface area contributed by atoms with Crippen molar-refractivity contribution in [2.24, 2.45) is 5.92 Å². The first-order valence-corrected chi connectivity index (χ1v) is 11.6. The topological polar surface area (TPSA) is 82.6 Å². The number of esters is 1. The van der Waals surface area contributed by atoms with Gasteiger partial charge in [0.05, 0.1) is 19.1 Å². The lowest BCUT2D eigenvalue weighted by Gasteiger charge is -2.36. The maximum absolute atomic E-state index is 13.0. The first kappa shape index (κ1) is 23.2. The van der Waals surface area contributed by atoms with E-state index in [1.807, 2.05) is 49.9 Å². The summed E-state index contributed by atoms with van der Waals surface area (Å²) in [7, 11) is 1.44. The molecular formula is C24H34N4O5. The van der Waals surface area contributed by atoms with Gasteiger partial charge in [0, 0.05) is 50.6 Å². The van der Waals surface area contributed by atoms with E-state index in [9.17, 15) is 14.4 Å². The predicted molar refractivity (Wildman–Crippen MR) is 124 cm³/mol. The standard InChI is InChI=1S/C24H34N4O5/c1-24(2,3)33-23(31)26-13-14-27-20(15-26)16-28(22(27)30)19-7-5-18(6-8-19)25-11-9-17(10-12-25)21(29)32-4/h5-8,17,20H,9-16H2,1-4H3/t20-/m0/s1. The van der Waals surface area contributed by atoms with Crippen LogP contribution in [0.1, 0.15) is 33.6 Å². The molecule has 3 aliphatic heterocycles. The Hall–Kier alpha value is -2.97. The summed E-state index contributed by atoms with van der Waals surface area (Å²) < 4.78 is 10.4. The quantitative estimate of drug-likeness (QED) is 0.648. The van der Waals surface area contributed by atoms with Crippen LogP contribution >= 0.6 is 0 Å². The molecule has 0 saturated carbocycles. The normalized spacial score (nSPS) is 21.8. The van der Waals surface area contributed by atoms with Crippen LogP contribution in [0.2, 0.25) is 0 Å². The smallest absolute Gasteiger partial charge is 0.410 e. The molecule has 9 nitrogen and oxygen atoms in total.